The molecule has 0 saturated heterocycles. The summed E-state index contributed by atoms with van der Waals surface area (Å²) in [6.45, 7) is 8.30. The Hall–Kier alpha value is -3.24. The number of benzene rings is 2. The average Bonchev–Trinajstić information content (AvgIpc) is 3.25. The molecule has 1 radical (unpaired) electrons. The Bertz CT molecular complexity index is 1640. The quantitative estimate of drug-likeness (QED) is 0.176. The summed E-state index contributed by atoms with van der Waals surface area (Å²) in [4.78, 5) is 13.1. The SMILES string of the molecule is Cc1c[c-]c(-c2cc(C)c(C)cn2)cc1.Cc1ccn[c-]c1-c1cc2sc3ccccc3c2cn1.[Ir]. The van der Waals surface area contributed by atoms with E-state index in [0.29, 0.717) is 0 Å². The van der Waals surface area contributed by atoms with Crippen molar-refractivity contribution in [3.63, 3.8) is 0 Å². The molecule has 0 aliphatic carbocycles. The van der Waals surface area contributed by atoms with Gasteiger partial charge in [-0.1, -0.05) is 55.9 Å². The minimum Gasteiger partial charge on any atom is -0.360 e. The molecular weight excluding hydrogens is 639 g/mol. The Balaban J connectivity index is 0.000000172. The van der Waals surface area contributed by atoms with Crippen LogP contribution < -0.4 is 0 Å². The van der Waals surface area contributed by atoms with Crippen molar-refractivity contribution in [1.82, 2.24) is 15.0 Å². The van der Waals surface area contributed by atoms with Crippen LogP contribution in [0.2, 0.25) is 0 Å². The fraction of sp³-hybridized carbons (Fsp3) is 0.129. The molecule has 0 saturated carbocycles. The summed E-state index contributed by atoms with van der Waals surface area (Å²) in [5, 5.41) is 2.49. The maximum Gasteiger partial charge on any atom is 0.0355 e. The molecule has 4 heterocycles. The molecule has 0 unspecified atom stereocenters. The van der Waals surface area contributed by atoms with Gasteiger partial charge in [0.15, 0.2) is 0 Å². The van der Waals surface area contributed by atoms with Crippen molar-refractivity contribution in [3.8, 4) is 22.5 Å². The van der Waals surface area contributed by atoms with Crippen molar-refractivity contribution < 1.29 is 20.1 Å². The van der Waals surface area contributed by atoms with Gasteiger partial charge in [0.1, 0.15) is 0 Å². The van der Waals surface area contributed by atoms with Gasteiger partial charge in [-0.2, -0.15) is 0 Å². The van der Waals surface area contributed by atoms with Crippen molar-refractivity contribution in [2.24, 2.45) is 0 Å². The Morgan fingerprint density at radius 3 is 2.28 bits per heavy atom. The molecule has 0 atom stereocenters. The first kappa shape index (κ1) is 25.8. The zero-order valence-electron chi connectivity index (χ0n) is 20.6. The van der Waals surface area contributed by atoms with Gasteiger partial charge in [-0.25, -0.2) is 0 Å². The smallest absolute Gasteiger partial charge is 0.0355 e. The van der Waals surface area contributed by atoms with Gasteiger partial charge in [-0.3, -0.25) is 0 Å². The molecule has 2 aromatic carbocycles. The third-order valence-corrected chi connectivity index (χ3v) is 7.24. The maximum atomic E-state index is 4.60. The summed E-state index contributed by atoms with van der Waals surface area (Å²) in [5.74, 6) is 0. The van der Waals surface area contributed by atoms with E-state index < -0.39 is 0 Å². The molecule has 0 N–H and O–H groups in total. The van der Waals surface area contributed by atoms with E-state index in [9.17, 15) is 0 Å². The predicted octanol–water partition coefficient (Wildman–Crippen LogP) is 8.09. The van der Waals surface area contributed by atoms with Gasteiger partial charge < -0.3 is 15.0 Å². The molecule has 0 amide bonds. The van der Waals surface area contributed by atoms with Gasteiger partial charge in [0.05, 0.1) is 0 Å². The van der Waals surface area contributed by atoms with Crippen LogP contribution in [0.5, 0.6) is 0 Å². The van der Waals surface area contributed by atoms with Gasteiger partial charge in [0.25, 0.3) is 0 Å². The Morgan fingerprint density at radius 2 is 1.53 bits per heavy atom. The summed E-state index contributed by atoms with van der Waals surface area (Å²) >= 11 is 1.80. The number of thiophene rings is 1. The number of hydrogen-bond acceptors (Lipinski definition) is 4. The van der Waals surface area contributed by atoms with Crippen molar-refractivity contribution in [2.75, 3.05) is 0 Å². The van der Waals surface area contributed by atoms with Crippen LogP contribution in [-0.4, -0.2) is 15.0 Å². The molecule has 3 nitrogen and oxygen atoms in total. The first-order valence-electron chi connectivity index (χ1n) is 11.5. The van der Waals surface area contributed by atoms with Gasteiger partial charge in [-0.05, 0) is 43.1 Å². The number of pyridine rings is 3. The van der Waals surface area contributed by atoms with Crippen molar-refractivity contribution in [2.45, 2.75) is 27.7 Å². The van der Waals surface area contributed by atoms with Gasteiger partial charge in [-0.15, -0.1) is 63.9 Å². The van der Waals surface area contributed by atoms with Crippen LogP contribution in [0.4, 0.5) is 0 Å². The molecule has 5 heteroatoms. The molecule has 0 fully saturated rings. The Morgan fingerprint density at radius 1 is 0.722 bits per heavy atom. The molecule has 4 aromatic heterocycles. The summed E-state index contributed by atoms with van der Waals surface area (Å²) < 4.78 is 2.56. The Labute approximate surface area is 229 Å². The van der Waals surface area contributed by atoms with E-state index >= 15 is 0 Å². The van der Waals surface area contributed by atoms with E-state index in [1.165, 1.54) is 36.9 Å². The molecule has 6 aromatic rings. The minimum absolute atomic E-state index is 0. The first-order valence-corrected chi connectivity index (χ1v) is 12.3. The van der Waals surface area contributed by atoms with Crippen molar-refractivity contribution >= 4 is 31.5 Å². The molecule has 0 bridgehead atoms. The second-order valence-corrected chi connectivity index (χ2v) is 9.80. The van der Waals surface area contributed by atoms with E-state index in [2.05, 4.69) is 103 Å². The summed E-state index contributed by atoms with van der Waals surface area (Å²) in [7, 11) is 0. The van der Waals surface area contributed by atoms with Crippen LogP contribution >= 0.6 is 11.3 Å². The zero-order valence-corrected chi connectivity index (χ0v) is 23.8. The average molecular weight is 664 g/mol. The van der Waals surface area contributed by atoms with E-state index in [1.807, 2.05) is 24.5 Å². The standard InChI is InChI=1S/C17H11N2S.C14H14N.Ir/c1-11-6-7-18-9-13(11)15-8-17-14(10-19-15)12-4-2-3-5-16(12)20-17;1-10-4-6-13(7-5-10)14-8-11(2)12(3)9-15-14;/h2-8,10H,1H3;4-6,8-9H,1-3H3;/q2*-1;. The largest absolute Gasteiger partial charge is 0.360 e. The molecule has 0 aliphatic rings. The fourth-order valence-corrected chi connectivity index (χ4v) is 4.99. The summed E-state index contributed by atoms with van der Waals surface area (Å²) in [5.41, 5.74) is 8.85. The zero-order chi connectivity index (χ0) is 24.4. The second-order valence-electron chi connectivity index (χ2n) is 8.71. The number of rotatable bonds is 2. The van der Waals surface area contributed by atoms with Gasteiger partial charge >= 0.3 is 0 Å². The molecule has 36 heavy (non-hydrogen) atoms. The number of aryl methyl sites for hydroxylation is 4. The van der Waals surface area contributed by atoms with Crippen LogP contribution in [0.1, 0.15) is 22.3 Å². The molecule has 6 rings (SSSR count). The third kappa shape index (κ3) is 5.44. The van der Waals surface area contributed by atoms with E-state index in [-0.39, 0.29) is 20.1 Å². The normalized spacial score (nSPS) is 10.6. The number of nitrogens with zero attached hydrogens (tertiary/aromatic N) is 3. The topological polar surface area (TPSA) is 38.7 Å². The summed E-state index contributed by atoms with van der Waals surface area (Å²) in [6.07, 6.45) is 8.68. The number of hydrogen-bond donors (Lipinski definition) is 0. The van der Waals surface area contributed by atoms with E-state index in [1.54, 1.807) is 17.5 Å². The van der Waals surface area contributed by atoms with Gasteiger partial charge in [0, 0.05) is 52.7 Å². The second kappa shape index (κ2) is 11.2. The summed E-state index contributed by atoms with van der Waals surface area (Å²) in [6, 6.07) is 24.1. The number of aromatic nitrogens is 3. The maximum absolute atomic E-state index is 4.60. The fourth-order valence-electron chi connectivity index (χ4n) is 3.87. The Kier molecular flexibility index (Phi) is 8.05. The monoisotopic (exact) mass is 664 g/mol. The van der Waals surface area contributed by atoms with E-state index in [0.717, 1.165) is 28.1 Å². The van der Waals surface area contributed by atoms with Crippen LogP contribution in [-0.2, 0) is 20.1 Å². The van der Waals surface area contributed by atoms with Crippen molar-refractivity contribution in [3.05, 3.63) is 114 Å². The molecular formula is C31H25IrN3S-2. The van der Waals surface area contributed by atoms with Crippen molar-refractivity contribution in [1.29, 1.82) is 0 Å². The molecule has 0 spiro atoms. The van der Waals surface area contributed by atoms with Crippen LogP contribution in [0.15, 0.2) is 79.3 Å². The van der Waals surface area contributed by atoms with Crippen LogP contribution in [0.25, 0.3) is 42.7 Å². The third-order valence-electron chi connectivity index (χ3n) is 6.11. The predicted molar refractivity (Wildman–Crippen MR) is 147 cm³/mol. The molecule has 181 valence electrons. The first-order chi connectivity index (χ1) is 17.0. The van der Waals surface area contributed by atoms with Crippen LogP contribution in [0.3, 0.4) is 0 Å². The minimum atomic E-state index is 0. The van der Waals surface area contributed by atoms with E-state index in [4.69, 9.17) is 0 Å². The van der Waals surface area contributed by atoms with Crippen LogP contribution in [0, 0.1) is 40.0 Å². The molecule has 0 aliphatic heterocycles. The number of fused-ring (bicyclic) bond motifs is 3. The van der Waals surface area contributed by atoms with Gasteiger partial charge in [0.2, 0.25) is 0 Å².